The third kappa shape index (κ3) is 3.32. The summed E-state index contributed by atoms with van der Waals surface area (Å²) >= 11 is 0. The summed E-state index contributed by atoms with van der Waals surface area (Å²) in [6.07, 6.45) is 3.21. The number of aromatic nitrogens is 5. The highest BCUT2D eigenvalue weighted by Crippen LogP contribution is 2.16. The van der Waals surface area contributed by atoms with Gasteiger partial charge < -0.3 is 9.63 Å². The minimum Gasteiger partial charge on any atom is -0.396 e. The second-order valence-electron chi connectivity index (χ2n) is 4.62. The molecule has 3 rings (SSSR count). The Morgan fingerprint density at radius 3 is 2.86 bits per heavy atom. The Balaban J connectivity index is 1.68. The fourth-order valence-electron chi connectivity index (χ4n) is 1.95. The zero-order chi connectivity index (χ0) is 14.5. The van der Waals surface area contributed by atoms with Crippen LogP contribution in [0.2, 0.25) is 0 Å². The van der Waals surface area contributed by atoms with Crippen molar-refractivity contribution in [3.8, 4) is 11.5 Å². The molecule has 0 aliphatic rings. The topological polar surface area (TPSA) is 89.9 Å². The molecule has 21 heavy (non-hydrogen) atoms. The van der Waals surface area contributed by atoms with Gasteiger partial charge in [0.15, 0.2) is 5.82 Å². The predicted octanol–water partition coefficient (Wildman–Crippen LogP) is 1.30. The molecule has 0 aliphatic carbocycles. The van der Waals surface area contributed by atoms with Crippen LogP contribution in [-0.4, -0.2) is 36.8 Å². The van der Waals surface area contributed by atoms with Crippen LogP contribution in [0.1, 0.15) is 17.9 Å². The van der Waals surface area contributed by atoms with E-state index < -0.39 is 0 Å². The first-order valence-electron chi connectivity index (χ1n) is 6.73. The van der Waals surface area contributed by atoms with Gasteiger partial charge in [-0.05, 0) is 25.0 Å². The van der Waals surface area contributed by atoms with Crippen LogP contribution >= 0.6 is 0 Å². The van der Waals surface area contributed by atoms with Crippen LogP contribution < -0.4 is 0 Å². The van der Waals surface area contributed by atoms with Crippen LogP contribution in [-0.2, 0) is 13.0 Å². The van der Waals surface area contributed by atoms with Crippen molar-refractivity contribution in [3.05, 3.63) is 48.0 Å². The predicted molar refractivity (Wildman–Crippen MR) is 74.3 cm³/mol. The fourth-order valence-corrected chi connectivity index (χ4v) is 1.95. The molecule has 1 N–H and O–H groups in total. The van der Waals surface area contributed by atoms with Gasteiger partial charge in [0, 0.05) is 18.4 Å². The lowest BCUT2D eigenvalue weighted by molar-refractivity contribution is 0.288. The van der Waals surface area contributed by atoms with Gasteiger partial charge in [-0.2, -0.15) is 4.98 Å². The molecule has 2 heterocycles. The molecule has 0 bridgehead atoms. The molecule has 0 fully saturated rings. The molecule has 0 aliphatic heterocycles. The van der Waals surface area contributed by atoms with Crippen molar-refractivity contribution < 1.29 is 9.63 Å². The molecule has 1 aromatic carbocycles. The molecule has 0 unspecified atom stereocenters. The number of rotatable bonds is 6. The van der Waals surface area contributed by atoms with Crippen molar-refractivity contribution >= 4 is 0 Å². The third-order valence-corrected chi connectivity index (χ3v) is 2.97. The maximum absolute atomic E-state index is 8.79. The average molecular weight is 285 g/mol. The number of hydrogen-bond donors (Lipinski definition) is 1. The quantitative estimate of drug-likeness (QED) is 0.734. The number of benzene rings is 1. The molecule has 0 radical (unpaired) electrons. The van der Waals surface area contributed by atoms with Gasteiger partial charge in [-0.1, -0.05) is 28.6 Å². The lowest BCUT2D eigenvalue weighted by atomic mass is 10.2. The molecule has 0 amide bonds. The summed E-state index contributed by atoms with van der Waals surface area (Å²) in [5.41, 5.74) is 1.73. The second kappa shape index (κ2) is 6.27. The van der Waals surface area contributed by atoms with E-state index in [1.165, 1.54) is 0 Å². The summed E-state index contributed by atoms with van der Waals surface area (Å²) in [7, 11) is 0. The van der Waals surface area contributed by atoms with E-state index in [2.05, 4.69) is 20.5 Å². The van der Waals surface area contributed by atoms with Crippen molar-refractivity contribution in [1.82, 2.24) is 25.1 Å². The summed E-state index contributed by atoms with van der Waals surface area (Å²) in [5.74, 6) is 1.04. The van der Waals surface area contributed by atoms with E-state index in [0.717, 1.165) is 11.3 Å². The highest BCUT2D eigenvalue weighted by atomic mass is 16.5. The Labute approximate surface area is 121 Å². The van der Waals surface area contributed by atoms with Gasteiger partial charge in [-0.15, -0.1) is 5.10 Å². The van der Waals surface area contributed by atoms with Crippen LogP contribution in [0.3, 0.4) is 0 Å². The Morgan fingerprint density at radius 2 is 2.05 bits per heavy atom. The van der Waals surface area contributed by atoms with Gasteiger partial charge in [-0.3, -0.25) is 0 Å². The minimum absolute atomic E-state index is 0.151. The molecular weight excluding hydrogens is 270 g/mol. The van der Waals surface area contributed by atoms with Crippen LogP contribution in [0.15, 0.2) is 41.1 Å². The van der Waals surface area contributed by atoms with E-state index in [0.29, 0.717) is 31.1 Å². The first-order chi connectivity index (χ1) is 10.3. The first-order valence-corrected chi connectivity index (χ1v) is 6.73. The minimum atomic E-state index is 0.151. The van der Waals surface area contributed by atoms with Gasteiger partial charge in [0.1, 0.15) is 6.54 Å². The smallest absolute Gasteiger partial charge is 0.257 e. The zero-order valence-corrected chi connectivity index (χ0v) is 11.4. The molecule has 3 aromatic rings. The summed E-state index contributed by atoms with van der Waals surface area (Å²) < 4.78 is 6.90. The monoisotopic (exact) mass is 285 g/mol. The van der Waals surface area contributed by atoms with Crippen molar-refractivity contribution in [3.63, 3.8) is 0 Å². The molecular formula is C14H15N5O2. The van der Waals surface area contributed by atoms with Gasteiger partial charge in [0.05, 0.1) is 5.69 Å². The van der Waals surface area contributed by atoms with Crippen molar-refractivity contribution in [1.29, 1.82) is 0 Å². The molecule has 2 aromatic heterocycles. The van der Waals surface area contributed by atoms with E-state index >= 15 is 0 Å². The number of nitrogens with zero attached hydrogens (tertiary/aromatic N) is 5. The normalized spacial score (nSPS) is 10.9. The van der Waals surface area contributed by atoms with Crippen LogP contribution in [0.25, 0.3) is 11.5 Å². The molecule has 7 heteroatoms. The van der Waals surface area contributed by atoms with E-state index in [9.17, 15) is 0 Å². The fraction of sp³-hybridized carbons (Fsp3) is 0.286. The van der Waals surface area contributed by atoms with Crippen molar-refractivity contribution in [2.75, 3.05) is 6.61 Å². The van der Waals surface area contributed by atoms with Gasteiger partial charge in [0.25, 0.3) is 5.89 Å². The highest BCUT2D eigenvalue weighted by molar-refractivity contribution is 5.51. The molecule has 0 saturated carbocycles. The highest BCUT2D eigenvalue weighted by Gasteiger charge is 2.10. The summed E-state index contributed by atoms with van der Waals surface area (Å²) in [6, 6.07) is 9.61. The van der Waals surface area contributed by atoms with Crippen molar-refractivity contribution in [2.45, 2.75) is 19.4 Å². The standard InChI is InChI=1S/C14H15N5O2/c20-8-4-7-12-9-19(18-16-12)10-13-15-14(21-17-13)11-5-2-1-3-6-11/h1-3,5-6,9,20H,4,7-8,10H2. The summed E-state index contributed by atoms with van der Waals surface area (Å²) in [5, 5.41) is 20.8. The lowest BCUT2D eigenvalue weighted by Crippen LogP contribution is -2.02. The van der Waals surface area contributed by atoms with Crippen LogP contribution in [0.4, 0.5) is 0 Å². The second-order valence-corrected chi connectivity index (χ2v) is 4.62. The Bertz CT molecular complexity index is 692. The zero-order valence-electron chi connectivity index (χ0n) is 11.4. The lowest BCUT2D eigenvalue weighted by Gasteiger charge is -1.93. The number of aryl methyl sites for hydroxylation is 1. The average Bonchev–Trinajstić information content (AvgIpc) is 3.16. The maximum Gasteiger partial charge on any atom is 0.257 e. The molecule has 0 atom stereocenters. The van der Waals surface area contributed by atoms with Gasteiger partial charge >= 0.3 is 0 Å². The Morgan fingerprint density at radius 1 is 1.19 bits per heavy atom. The molecule has 7 nitrogen and oxygen atoms in total. The first kappa shape index (κ1) is 13.4. The number of aliphatic hydroxyl groups is 1. The summed E-state index contributed by atoms with van der Waals surface area (Å²) in [4.78, 5) is 4.34. The molecule has 0 spiro atoms. The van der Waals surface area contributed by atoms with Crippen LogP contribution in [0.5, 0.6) is 0 Å². The van der Waals surface area contributed by atoms with Gasteiger partial charge in [-0.25, -0.2) is 4.68 Å². The van der Waals surface area contributed by atoms with Crippen LogP contribution in [0, 0.1) is 0 Å². The molecule has 108 valence electrons. The van der Waals surface area contributed by atoms with E-state index in [4.69, 9.17) is 9.63 Å². The van der Waals surface area contributed by atoms with E-state index in [1.54, 1.807) is 4.68 Å². The molecule has 0 saturated heterocycles. The Hall–Kier alpha value is -2.54. The Kier molecular flexibility index (Phi) is 4.02. The number of aliphatic hydroxyl groups excluding tert-OH is 1. The SMILES string of the molecule is OCCCc1cn(Cc2noc(-c3ccccc3)n2)nn1. The third-order valence-electron chi connectivity index (χ3n) is 2.97. The largest absolute Gasteiger partial charge is 0.396 e. The van der Waals surface area contributed by atoms with E-state index in [1.807, 2.05) is 36.5 Å². The maximum atomic E-state index is 8.79. The number of hydrogen-bond acceptors (Lipinski definition) is 6. The van der Waals surface area contributed by atoms with E-state index in [-0.39, 0.29) is 6.61 Å². The van der Waals surface area contributed by atoms with Gasteiger partial charge in [0.2, 0.25) is 0 Å². The van der Waals surface area contributed by atoms with Crippen molar-refractivity contribution in [2.24, 2.45) is 0 Å². The summed E-state index contributed by atoms with van der Waals surface area (Å²) in [6.45, 7) is 0.556.